The molecule has 9 heteroatoms. The van der Waals surface area contributed by atoms with Crippen LogP contribution in [0.25, 0.3) is 0 Å². The van der Waals surface area contributed by atoms with Gasteiger partial charge in [-0.2, -0.15) is 9.90 Å². The summed E-state index contributed by atoms with van der Waals surface area (Å²) in [5, 5.41) is 14.6. The quantitative estimate of drug-likeness (QED) is 0.412. The summed E-state index contributed by atoms with van der Waals surface area (Å²) >= 11 is 0. The summed E-state index contributed by atoms with van der Waals surface area (Å²) in [6.45, 7) is 2.30. The van der Waals surface area contributed by atoms with E-state index in [0.717, 1.165) is 5.56 Å². The van der Waals surface area contributed by atoms with Crippen LogP contribution in [0.3, 0.4) is 0 Å². The first-order valence-electron chi connectivity index (χ1n) is 6.14. The number of nitrogens with one attached hydrogen (secondary N) is 2. The lowest BCUT2D eigenvalue weighted by molar-refractivity contribution is 0.273. The molecule has 0 fully saturated rings. The summed E-state index contributed by atoms with van der Waals surface area (Å²) in [6, 6.07) is 3.34. The molecule has 0 spiro atoms. The first-order chi connectivity index (χ1) is 9.43. The van der Waals surface area contributed by atoms with Crippen molar-refractivity contribution in [2.45, 2.75) is 13.5 Å². The van der Waals surface area contributed by atoms with Gasteiger partial charge in [-0.15, -0.1) is 0 Å². The van der Waals surface area contributed by atoms with Crippen molar-refractivity contribution in [2.24, 2.45) is 0 Å². The molecule has 122 valence electrons. The second kappa shape index (κ2) is 9.36. The summed E-state index contributed by atoms with van der Waals surface area (Å²) in [7, 11) is -0.857. The summed E-state index contributed by atoms with van der Waals surface area (Å²) in [6.07, 6.45) is 0. The van der Waals surface area contributed by atoms with E-state index in [4.69, 9.17) is 9.26 Å². The Kier molecular flexibility index (Phi) is 9.06. The minimum absolute atomic E-state index is 0. The molecule has 1 aromatic carbocycles. The maximum atomic E-state index is 11.9. The lowest BCUT2D eigenvalue weighted by atomic mass is 10.1. The Morgan fingerprint density at radius 1 is 1.33 bits per heavy atom. The second-order valence-corrected chi connectivity index (χ2v) is 5.78. The average Bonchev–Trinajstić information content (AvgIpc) is 2.40. The van der Waals surface area contributed by atoms with Crippen LogP contribution in [0.5, 0.6) is 11.5 Å². The van der Waals surface area contributed by atoms with Gasteiger partial charge in [-0.1, -0.05) is 0 Å². The van der Waals surface area contributed by atoms with Gasteiger partial charge in [0, 0.05) is 18.7 Å². The number of aliphatic hydroxyl groups is 1. The molecule has 1 aromatic rings. The third kappa shape index (κ3) is 6.30. The van der Waals surface area contributed by atoms with Crippen LogP contribution < -0.4 is 19.7 Å². The molecule has 2 unspecified atom stereocenters. The number of aryl methyl sites for hydroxylation is 1. The van der Waals surface area contributed by atoms with Gasteiger partial charge >= 0.3 is 7.75 Å². The topological polar surface area (TPSA) is 100 Å². The van der Waals surface area contributed by atoms with Crippen LogP contribution in [0.2, 0.25) is 0 Å². The van der Waals surface area contributed by atoms with Crippen LogP contribution in [0.4, 0.5) is 0 Å². The Balaban J connectivity index is 0.00000400. The number of rotatable bonds is 8. The maximum Gasteiger partial charge on any atom is 0.456 e. The first-order valence-corrected chi connectivity index (χ1v) is 7.71. The van der Waals surface area contributed by atoms with Crippen molar-refractivity contribution in [2.75, 3.05) is 27.2 Å². The Hall–Kier alpha value is -0.680. The van der Waals surface area contributed by atoms with Crippen LogP contribution in [-0.4, -0.2) is 37.2 Å². The molecule has 0 radical (unpaired) electrons. The van der Waals surface area contributed by atoms with Gasteiger partial charge in [0.25, 0.3) is 0 Å². The summed E-state index contributed by atoms with van der Waals surface area (Å²) in [5.41, 5.74) is 1.25. The zero-order valence-electron chi connectivity index (χ0n) is 12.5. The molecule has 0 aliphatic heterocycles. The van der Waals surface area contributed by atoms with E-state index >= 15 is 0 Å². The first kappa shape index (κ1) is 20.3. The minimum Gasteiger partial charge on any atom is -0.493 e. The second-order valence-electron chi connectivity index (χ2n) is 4.24. The van der Waals surface area contributed by atoms with Crippen molar-refractivity contribution >= 4 is 17.6 Å². The predicted octanol–water partition coefficient (Wildman–Crippen LogP) is 0.842. The Morgan fingerprint density at radius 2 is 2.00 bits per heavy atom. The van der Waals surface area contributed by atoms with Gasteiger partial charge in [0.05, 0.1) is 13.7 Å². The van der Waals surface area contributed by atoms with Gasteiger partial charge in [-0.3, -0.25) is 0 Å². The third-order valence-corrected chi connectivity index (χ3v) is 3.62. The monoisotopic (exact) mass is 338 g/mol. The van der Waals surface area contributed by atoms with E-state index < -0.39 is 7.75 Å². The standard InChI is InChI=1S/C12H21N2O5P.H3P/c1-9-6-10(8-15)12(11(7-9)18-3)19-20(16,17)14-5-4-13-2;/h6-7,13,15H,4-5,8H2,1-3H3,(H2,14,16,17);1H3. The highest BCUT2D eigenvalue weighted by Crippen LogP contribution is 2.44. The van der Waals surface area contributed by atoms with E-state index in [9.17, 15) is 14.6 Å². The highest BCUT2D eigenvalue weighted by Gasteiger charge is 2.24. The van der Waals surface area contributed by atoms with Crippen LogP contribution in [0.1, 0.15) is 11.1 Å². The number of methoxy groups -OCH3 is 1. The average molecular weight is 338 g/mol. The number of hydrogen-bond acceptors (Lipinski definition) is 5. The lowest BCUT2D eigenvalue weighted by Crippen LogP contribution is -2.24. The van der Waals surface area contributed by atoms with Gasteiger partial charge in [0.1, 0.15) is 0 Å². The van der Waals surface area contributed by atoms with Crippen molar-refractivity contribution in [1.29, 1.82) is 0 Å². The van der Waals surface area contributed by atoms with Gasteiger partial charge in [0.2, 0.25) is 0 Å². The number of aliphatic hydroxyl groups excluding tert-OH is 1. The fourth-order valence-electron chi connectivity index (χ4n) is 1.66. The van der Waals surface area contributed by atoms with Crippen molar-refractivity contribution < 1.29 is 23.8 Å². The Bertz CT molecular complexity index is 474. The summed E-state index contributed by atoms with van der Waals surface area (Å²) in [5.74, 6) is 0.377. The molecule has 0 aromatic heterocycles. The van der Waals surface area contributed by atoms with Crippen molar-refractivity contribution in [3.05, 3.63) is 23.3 Å². The molecule has 0 heterocycles. The summed E-state index contributed by atoms with van der Waals surface area (Å²) in [4.78, 5) is 9.76. The molecule has 4 N–H and O–H groups in total. The van der Waals surface area contributed by atoms with Crippen molar-refractivity contribution in [3.63, 3.8) is 0 Å². The minimum atomic E-state index is -4.02. The number of benzene rings is 1. The fraction of sp³-hybridized carbons (Fsp3) is 0.500. The van der Waals surface area contributed by atoms with Crippen LogP contribution in [-0.2, 0) is 11.2 Å². The van der Waals surface area contributed by atoms with Crippen LogP contribution in [0, 0.1) is 6.92 Å². The zero-order valence-corrected chi connectivity index (χ0v) is 14.9. The summed E-state index contributed by atoms with van der Waals surface area (Å²) < 4.78 is 22.2. The molecule has 0 saturated heterocycles. The van der Waals surface area contributed by atoms with E-state index in [0.29, 0.717) is 17.9 Å². The van der Waals surface area contributed by atoms with Crippen molar-refractivity contribution in [1.82, 2.24) is 10.4 Å². The Morgan fingerprint density at radius 3 is 2.52 bits per heavy atom. The molecule has 0 bridgehead atoms. The molecule has 0 saturated carbocycles. The van der Waals surface area contributed by atoms with E-state index in [1.807, 2.05) is 6.92 Å². The lowest BCUT2D eigenvalue weighted by Gasteiger charge is -2.19. The molecule has 2 atom stereocenters. The van der Waals surface area contributed by atoms with Gasteiger partial charge in [-0.25, -0.2) is 9.65 Å². The highest BCUT2D eigenvalue weighted by atomic mass is 31.2. The van der Waals surface area contributed by atoms with Gasteiger partial charge in [0.15, 0.2) is 11.5 Å². The number of ether oxygens (including phenoxy) is 1. The molecule has 21 heavy (non-hydrogen) atoms. The van der Waals surface area contributed by atoms with E-state index in [1.165, 1.54) is 7.11 Å². The molecule has 0 amide bonds. The fourth-order valence-corrected chi connectivity index (χ4v) is 2.58. The molecule has 0 aliphatic carbocycles. The van der Waals surface area contributed by atoms with Crippen LogP contribution in [0.15, 0.2) is 12.1 Å². The van der Waals surface area contributed by atoms with E-state index in [1.54, 1.807) is 19.2 Å². The predicted molar refractivity (Wildman–Crippen MR) is 87.1 cm³/mol. The van der Waals surface area contributed by atoms with Crippen molar-refractivity contribution in [3.8, 4) is 11.5 Å². The molecule has 0 aliphatic rings. The van der Waals surface area contributed by atoms with Gasteiger partial charge in [-0.05, 0) is 31.7 Å². The SMILES string of the molecule is CNCCNP(=O)(O)Oc1c(CO)cc(C)cc1OC.P. The van der Waals surface area contributed by atoms with Gasteiger partial charge < -0.3 is 24.6 Å². The number of hydrogen-bond donors (Lipinski definition) is 4. The van der Waals surface area contributed by atoms with E-state index in [-0.39, 0.29) is 28.8 Å². The maximum absolute atomic E-state index is 11.9. The molecular weight excluding hydrogens is 314 g/mol. The molecular formula is C12H24N2O5P2. The molecule has 7 nitrogen and oxygen atoms in total. The van der Waals surface area contributed by atoms with E-state index in [2.05, 4.69) is 10.4 Å². The highest BCUT2D eigenvalue weighted by molar-refractivity contribution is 7.51. The zero-order chi connectivity index (χ0) is 15.2. The smallest absolute Gasteiger partial charge is 0.456 e. The largest absolute Gasteiger partial charge is 0.493 e. The van der Waals surface area contributed by atoms with Crippen LogP contribution >= 0.6 is 17.6 Å². The third-order valence-electron chi connectivity index (χ3n) is 2.57. The normalized spacial score (nSPS) is 13.2. The number of likely N-dealkylation sites (N-methyl/N-ethyl adjacent to an activating group) is 1. The Labute approximate surface area is 128 Å². The molecule has 1 rings (SSSR count).